The number of nitrogens with one attached hydrogen (secondary N) is 1. The molecule has 2 amide bonds. The average Bonchev–Trinajstić information content (AvgIpc) is 3.04. The summed E-state index contributed by atoms with van der Waals surface area (Å²) in [5, 5.41) is 11.8. The van der Waals surface area contributed by atoms with Crippen molar-refractivity contribution in [3.05, 3.63) is 0 Å². The molecule has 0 aromatic rings. The summed E-state index contributed by atoms with van der Waals surface area (Å²) in [6, 6.07) is 0. The zero-order chi connectivity index (χ0) is 14.9. The van der Waals surface area contributed by atoms with Crippen molar-refractivity contribution in [2.45, 2.75) is 32.6 Å². The van der Waals surface area contributed by atoms with Gasteiger partial charge >= 0.3 is 5.97 Å². The van der Waals surface area contributed by atoms with Crippen molar-refractivity contribution in [2.75, 3.05) is 20.1 Å². The first-order valence-corrected chi connectivity index (χ1v) is 7.13. The number of carbonyl (C=O) groups is 3. The first kappa shape index (κ1) is 14.8. The highest BCUT2D eigenvalue weighted by Crippen LogP contribution is 2.37. The third-order valence-electron chi connectivity index (χ3n) is 4.71. The number of nitrogens with zero attached hydrogens (tertiary/aromatic N) is 1. The van der Waals surface area contributed by atoms with Gasteiger partial charge in [-0.25, -0.2) is 0 Å². The van der Waals surface area contributed by atoms with Crippen LogP contribution in [-0.2, 0) is 14.4 Å². The highest BCUT2D eigenvalue weighted by atomic mass is 16.4. The molecule has 0 radical (unpaired) electrons. The Balaban J connectivity index is 2.05. The van der Waals surface area contributed by atoms with Gasteiger partial charge in [0.05, 0.1) is 17.3 Å². The average molecular weight is 282 g/mol. The number of amides is 2. The van der Waals surface area contributed by atoms with Crippen LogP contribution in [0.25, 0.3) is 0 Å². The number of rotatable bonds is 3. The third kappa shape index (κ3) is 2.51. The molecule has 2 fully saturated rings. The summed E-state index contributed by atoms with van der Waals surface area (Å²) < 4.78 is 0. The van der Waals surface area contributed by atoms with Crippen molar-refractivity contribution in [3.63, 3.8) is 0 Å². The Morgan fingerprint density at radius 2 is 1.90 bits per heavy atom. The number of hydrogen-bond donors (Lipinski definition) is 2. The van der Waals surface area contributed by atoms with Crippen LogP contribution in [-0.4, -0.2) is 47.9 Å². The van der Waals surface area contributed by atoms with E-state index in [9.17, 15) is 14.4 Å². The molecule has 0 bridgehead atoms. The maximum atomic E-state index is 12.5. The Hall–Kier alpha value is -1.59. The molecule has 2 rings (SSSR count). The Morgan fingerprint density at radius 3 is 2.50 bits per heavy atom. The van der Waals surface area contributed by atoms with Crippen LogP contribution in [0.3, 0.4) is 0 Å². The fourth-order valence-corrected chi connectivity index (χ4v) is 3.42. The zero-order valence-electron chi connectivity index (χ0n) is 12.0. The minimum Gasteiger partial charge on any atom is -0.481 e. The van der Waals surface area contributed by atoms with Gasteiger partial charge in [-0.3, -0.25) is 14.4 Å². The Morgan fingerprint density at radius 1 is 1.25 bits per heavy atom. The van der Waals surface area contributed by atoms with Crippen LogP contribution < -0.4 is 5.32 Å². The van der Waals surface area contributed by atoms with Crippen LogP contribution >= 0.6 is 0 Å². The predicted octanol–water partition coefficient (Wildman–Crippen LogP) is 0.472. The minimum absolute atomic E-state index is 0.0611. The molecule has 1 heterocycles. The summed E-state index contributed by atoms with van der Waals surface area (Å²) in [5.74, 6) is -2.01. The van der Waals surface area contributed by atoms with Crippen molar-refractivity contribution < 1.29 is 19.5 Å². The van der Waals surface area contributed by atoms with E-state index in [1.807, 2.05) is 6.92 Å². The van der Waals surface area contributed by atoms with Gasteiger partial charge < -0.3 is 15.3 Å². The molecule has 3 atom stereocenters. The van der Waals surface area contributed by atoms with Gasteiger partial charge in [-0.2, -0.15) is 0 Å². The van der Waals surface area contributed by atoms with E-state index in [4.69, 9.17) is 5.11 Å². The molecule has 0 aromatic carbocycles. The van der Waals surface area contributed by atoms with Gasteiger partial charge in [0.2, 0.25) is 11.8 Å². The number of carboxylic acid groups (broad SMARTS) is 1. The lowest BCUT2D eigenvalue weighted by Gasteiger charge is -2.25. The summed E-state index contributed by atoms with van der Waals surface area (Å²) in [7, 11) is 1.59. The SMILES string of the molecule is CNC(=O)C1(C)CCN(C(=O)[C@@H]2CCC[C@@H]2C(=O)O)C1. The van der Waals surface area contributed by atoms with Crippen LogP contribution in [0, 0.1) is 17.3 Å². The van der Waals surface area contributed by atoms with Crippen LogP contribution in [0.4, 0.5) is 0 Å². The molecular weight excluding hydrogens is 260 g/mol. The smallest absolute Gasteiger partial charge is 0.307 e. The van der Waals surface area contributed by atoms with Gasteiger partial charge in [-0.1, -0.05) is 6.42 Å². The van der Waals surface area contributed by atoms with Crippen molar-refractivity contribution in [3.8, 4) is 0 Å². The van der Waals surface area contributed by atoms with E-state index in [2.05, 4.69) is 5.32 Å². The molecule has 20 heavy (non-hydrogen) atoms. The van der Waals surface area contributed by atoms with Gasteiger partial charge in [0.15, 0.2) is 0 Å². The summed E-state index contributed by atoms with van der Waals surface area (Å²) in [6.45, 7) is 2.77. The topological polar surface area (TPSA) is 86.7 Å². The second-order valence-electron chi connectivity index (χ2n) is 6.13. The van der Waals surface area contributed by atoms with E-state index in [0.29, 0.717) is 32.4 Å². The first-order chi connectivity index (χ1) is 9.39. The maximum Gasteiger partial charge on any atom is 0.307 e. The molecule has 1 saturated heterocycles. The fraction of sp³-hybridized carbons (Fsp3) is 0.786. The van der Waals surface area contributed by atoms with Crippen LogP contribution in [0.2, 0.25) is 0 Å². The zero-order valence-corrected chi connectivity index (χ0v) is 12.0. The summed E-state index contributed by atoms with van der Waals surface area (Å²) >= 11 is 0. The highest BCUT2D eigenvalue weighted by Gasteiger charge is 2.46. The molecule has 1 saturated carbocycles. The summed E-state index contributed by atoms with van der Waals surface area (Å²) in [4.78, 5) is 37.2. The Kier molecular flexibility index (Phi) is 4.01. The Labute approximate surface area is 118 Å². The predicted molar refractivity (Wildman–Crippen MR) is 71.8 cm³/mol. The number of carbonyl (C=O) groups excluding carboxylic acids is 2. The van der Waals surface area contributed by atoms with E-state index in [0.717, 1.165) is 6.42 Å². The molecule has 0 aromatic heterocycles. The van der Waals surface area contributed by atoms with Gasteiger partial charge in [0.1, 0.15) is 0 Å². The van der Waals surface area contributed by atoms with Crippen LogP contribution in [0.15, 0.2) is 0 Å². The maximum absolute atomic E-state index is 12.5. The highest BCUT2D eigenvalue weighted by molar-refractivity contribution is 5.88. The number of likely N-dealkylation sites (tertiary alicyclic amines) is 1. The molecule has 6 heteroatoms. The van der Waals surface area contributed by atoms with E-state index in [1.165, 1.54) is 0 Å². The molecule has 6 nitrogen and oxygen atoms in total. The lowest BCUT2D eigenvalue weighted by Crippen LogP contribution is -2.42. The number of aliphatic carboxylic acids is 1. The minimum atomic E-state index is -0.880. The molecule has 112 valence electrons. The molecule has 0 spiro atoms. The molecule has 1 aliphatic heterocycles. The van der Waals surface area contributed by atoms with Crippen molar-refractivity contribution in [1.29, 1.82) is 0 Å². The Bertz CT molecular complexity index is 437. The monoisotopic (exact) mass is 282 g/mol. The third-order valence-corrected chi connectivity index (χ3v) is 4.71. The molecule has 2 N–H and O–H groups in total. The number of carboxylic acids is 1. The second-order valence-corrected chi connectivity index (χ2v) is 6.13. The van der Waals surface area contributed by atoms with Gasteiger partial charge in [0, 0.05) is 20.1 Å². The summed E-state index contributed by atoms with van der Waals surface area (Å²) in [6.07, 6.45) is 2.63. The molecular formula is C14H22N2O4. The van der Waals surface area contributed by atoms with Crippen molar-refractivity contribution >= 4 is 17.8 Å². The van der Waals surface area contributed by atoms with E-state index < -0.39 is 23.2 Å². The normalized spacial score (nSPS) is 33.2. The second kappa shape index (κ2) is 5.42. The van der Waals surface area contributed by atoms with Gasteiger partial charge in [-0.15, -0.1) is 0 Å². The standard InChI is InChI=1S/C14H22N2O4/c1-14(13(20)15-2)6-7-16(8-14)11(17)9-4-3-5-10(9)12(18)19/h9-10H,3-8H2,1-2H3,(H,15,20)(H,18,19)/t9-,10+,14?/m1/s1. The molecule has 1 unspecified atom stereocenters. The van der Waals surface area contributed by atoms with Gasteiger partial charge in [0.25, 0.3) is 0 Å². The summed E-state index contributed by atoms with van der Waals surface area (Å²) in [5.41, 5.74) is -0.554. The van der Waals surface area contributed by atoms with E-state index >= 15 is 0 Å². The van der Waals surface area contributed by atoms with Crippen molar-refractivity contribution in [1.82, 2.24) is 10.2 Å². The number of hydrogen-bond acceptors (Lipinski definition) is 3. The lowest BCUT2D eigenvalue weighted by molar-refractivity contribution is -0.149. The van der Waals surface area contributed by atoms with Crippen molar-refractivity contribution in [2.24, 2.45) is 17.3 Å². The quantitative estimate of drug-likeness (QED) is 0.788. The fourth-order valence-electron chi connectivity index (χ4n) is 3.42. The van der Waals surface area contributed by atoms with E-state index in [-0.39, 0.29) is 11.8 Å². The van der Waals surface area contributed by atoms with Crippen LogP contribution in [0.5, 0.6) is 0 Å². The lowest BCUT2D eigenvalue weighted by atomic mass is 9.88. The molecule has 2 aliphatic rings. The first-order valence-electron chi connectivity index (χ1n) is 7.13. The molecule has 1 aliphatic carbocycles. The van der Waals surface area contributed by atoms with Gasteiger partial charge in [-0.05, 0) is 26.2 Å². The largest absolute Gasteiger partial charge is 0.481 e. The van der Waals surface area contributed by atoms with E-state index in [1.54, 1.807) is 11.9 Å². The van der Waals surface area contributed by atoms with Crippen LogP contribution in [0.1, 0.15) is 32.6 Å².